The maximum atomic E-state index is 14.9. The van der Waals surface area contributed by atoms with Gasteiger partial charge in [0.25, 0.3) is 0 Å². The third kappa shape index (κ3) is 7.18. The topological polar surface area (TPSA) is 131 Å². The molecule has 0 spiro atoms. The van der Waals surface area contributed by atoms with Crippen LogP contribution in [0.1, 0.15) is 108 Å². The molecule has 2 saturated carbocycles. The Bertz CT molecular complexity index is 2370. The third-order valence-corrected chi connectivity index (χ3v) is 13.6. The molecule has 2 aromatic carbocycles. The first-order valence-electron chi connectivity index (χ1n) is 19.6. The summed E-state index contributed by atoms with van der Waals surface area (Å²) in [6.07, 6.45) is 1.86. The molecule has 58 heavy (non-hydrogen) atoms. The molecular weight excluding hydrogens is 795 g/mol. The summed E-state index contributed by atoms with van der Waals surface area (Å²) in [4.78, 5) is 79.5. The number of halogens is 3. The predicted octanol–water partition coefficient (Wildman–Crippen LogP) is 10.2. The van der Waals surface area contributed by atoms with Gasteiger partial charge in [0.2, 0.25) is 0 Å². The summed E-state index contributed by atoms with van der Waals surface area (Å²) in [6.45, 7) is 15.3. The average Bonchev–Trinajstić information content (AvgIpc) is 3.16. The number of nitrogens with zero attached hydrogens (tertiary/aromatic N) is 2. The van der Waals surface area contributed by atoms with E-state index in [2.05, 4.69) is 9.97 Å². The Labute approximate surface area is 355 Å². The maximum absolute atomic E-state index is 14.9. The first-order chi connectivity index (χ1) is 27.0. The van der Waals surface area contributed by atoms with Gasteiger partial charge in [-0.3, -0.25) is 24.0 Å². The van der Waals surface area contributed by atoms with E-state index in [4.69, 9.17) is 34.8 Å². The number of aryl methyl sites for hydroxylation is 3. The van der Waals surface area contributed by atoms with Gasteiger partial charge in [-0.05, 0) is 130 Å². The zero-order chi connectivity index (χ0) is 42.9. The molecule has 6 rings (SSSR count). The number of pyridine rings is 2. The van der Waals surface area contributed by atoms with Crippen LogP contribution >= 0.6 is 34.8 Å². The summed E-state index contributed by atoms with van der Waals surface area (Å²) >= 11 is 18.8. The summed E-state index contributed by atoms with van der Waals surface area (Å²) in [5, 5.41) is 12.7. The van der Waals surface area contributed by atoms with Gasteiger partial charge in [-0.25, -0.2) is 9.97 Å². The lowest BCUT2D eigenvalue weighted by Crippen LogP contribution is -2.60. The molecule has 0 saturated heterocycles. The van der Waals surface area contributed by atoms with Crippen LogP contribution in [-0.4, -0.2) is 50.1 Å². The largest absolute Gasteiger partial charge is 0.391 e. The standard InChI is InChI=1S/C47H49Cl3N2O6/c1-10-25-13-15-28(32-23-51-34(49)20-24(32)2)22-30(25)36-39(55)46(7,8)43(58)47(9,40(36)56)19-11-12-26-14-16-27(29-17-18-33(48)52-41(29)50)21-31(26)35-37(53)44(3,4)42(57)45(5,6)38(35)54/h13-18,20-23,35-36,43,58H,10-12,19H2,1-9H3. The molecule has 2 aliphatic rings. The second-order valence-electron chi connectivity index (χ2n) is 17.8. The van der Waals surface area contributed by atoms with Crippen LogP contribution in [0, 0.1) is 28.6 Å². The van der Waals surface area contributed by atoms with Crippen molar-refractivity contribution in [1.82, 2.24) is 9.97 Å². The molecule has 4 aromatic rings. The summed E-state index contributed by atoms with van der Waals surface area (Å²) in [7, 11) is 0. The SMILES string of the molecule is CCc1ccc(-c2cnc(Cl)cc2C)cc1C1C(=O)C(C)(C)C(O)C(C)(CCCc2ccc(-c3ccc(Cl)nc3Cl)cc2C2C(=O)C(C)(C)C(=O)C(C)(C)C2=O)C1=O. The summed E-state index contributed by atoms with van der Waals surface area (Å²) in [5.41, 5.74) is 0.800. The van der Waals surface area contributed by atoms with E-state index in [-0.39, 0.29) is 28.3 Å². The molecule has 0 bridgehead atoms. The molecule has 0 radical (unpaired) electrons. The molecule has 0 aliphatic heterocycles. The molecule has 11 heteroatoms. The highest BCUT2D eigenvalue weighted by molar-refractivity contribution is 6.34. The molecule has 3 unspecified atom stereocenters. The van der Waals surface area contributed by atoms with Gasteiger partial charge in [0.1, 0.15) is 27.3 Å². The normalized spacial score (nSPS) is 23.1. The van der Waals surface area contributed by atoms with Crippen LogP contribution in [0.15, 0.2) is 60.8 Å². The van der Waals surface area contributed by atoms with Crippen LogP contribution in [0.5, 0.6) is 0 Å². The van der Waals surface area contributed by atoms with E-state index in [9.17, 15) is 29.1 Å². The summed E-state index contributed by atoms with van der Waals surface area (Å²) < 4.78 is 0. The average molecular weight is 844 g/mol. The smallest absolute Gasteiger partial charge is 0.160 e. The first-order valence-corrected chi connectivity index (χ1v) is 20.7. The van der Waals surface area contributed by atoms with Crippen LogP contribution in [0.4, 0.5) is 0 Å². The van der Waals surface area contributed by atoms with Gasteiger partial charge < -0.3 is 5.11 Å². The number of hydrogen-bond donors (Lipinski definition) is 1. The van der Waals surface area contributed by atoms with Crippen molar-refractivity contribution in [2.24, 2.45) is 21.7 Å². The van der Waals surface area contributed by atoms with E-state index in [1.807, 2.05) is 44.2 Å². The van der Waals surface area contributed by atoms with Gasteiger partial charge in [0.15, 0.2) is 28.9 Å². The van der Waals surface area contributed by atoms with Crippen molar-refractivity contribution >= 4 is 63.7 Å². The number of aromatic nitrogens is 2. The number of carbonyl (C=O) groups excluding carboxylic acids is 5. The Kier molecular flexibility index (Phi) is 11.6. The molecule has 2 heterocycles. The van der Waals surface area contributed by atoms with Gasteiger partial charge in [0.05, 0.1) is 27.8 Å². The Morgan fingerprint density at radius 3 is 1.79 bits per heavy atom. The van der Waals surface area contributed by atoms with E-state index in [0.717, 1.165) is 22.3 Å². The highest BCUT2D eigenvalue weighted by atomic mass is 35.5. The van der Waals surface area contributed by atoms with E-state index < -0.39 is 56.9 Å². The Morgan fingerprint density at radius 2 is 1.22 bits per heavy atom. The molecule has 3 atom stereocenters. The molecule has 1 N–H and O–H groups in total. The zero-order valence-corrected chi connectivity index (χ0v) is 36.6. The predicted molar refractivity (Wildman–Crippen MR) is 227 cm³/mol. The summed E-state index contributed by atoms with van der Waals surface area (Å²) in [5.74, 6) is -4.49. The van der Waals surface area contributed by atoms with Gasteiger partial charge >= 0.3 is 0 Å². The lowest BCUT2D eigenvalue weighted by molar-refractivity contribution is -0.165. The number of aliphatic hydroxyl groups excluding tert-OH is 1. The Balaban J connectivity index is 1.39. The van der Waals surface area contributed by atoms with Crippen molar-refractivity contribution < 1.29 is 29.1 Å². The minimum Gasteiger partial charge on any atom is -0.391 e. The first kappa shape index (κ1) is 43.5. The molecule has 2 aromatic heterocycles. The fourth-order valence-corrected chi connectivity index (χ4v) is 9.93. The molecule has 2 fully saturated rings. The second-order valence-corrected chi connectivity index (χ2v) is 18.9. The monoisotopic (exact) mass is 842 g/mol. The van der Waals surface area contributed by atoms with Crippen molar-refractivity contribution in [1.29, 1.82) is 0 Å². The van der Waals surface area contributed by atoms with Crippen LogP contribution in [0.25, 0.3) is 22.3 Å². The fraction of sp³-hybridized carbons (Fsp3) is 0.426. The number of carbonyl (C=O) groups is 5. The van der Waals surface area contributed by atoms with Crippen LogP contribution in [0.2, 0.25) is 15.5 Å². The van der Waals surface area contributed by atoms with Gasteiger partial charge in [-0.2, -0.15) is 0 Å². The fourth-order valence-electron chi connectivity index (χ4n) is 9.27. The molecule has 304 valence electrons. The van der Waals surface area contributed by atoms with Crippen molar-refractivity contribution in [3.05, 3.63) is 104 Å². The van der Waals surface area contributed by atoms with Crippen molar-refractivity contribution in [2.45, 2.75) is 106 Å². The quantitative estimate of drug-likeness (QED) is 0.130. The number of benzene rings is 2. The number of hydrogen-bond acceptors (Lipinski definition) is 8. The van der Waals surface area contributed by atoms with Crippen LogP contribution in [0.3, 0.4) is 0 Å². The number of Topliss-reactive ketones (excluding diaryl/α,β-unsaturated/α-hetero) is 5. The van der Waals surface area contributed by atoms with Crippen molar-refractivity contribution in [2.75, 3.05) is 0 Å². The van der Waals surface area contributed by atoms with Crippen molar-refractivity contribution in [3.63, 3.8) is 0 Å². The summed E-state index contributed by atoms with van der Waals surface area (Å²) in [6, 6.07) is 16.3. The Morgan fingerprint density at radius 1 is 0.672 bits per heavy atom. The second kappa shape index (κ2) is 15.5. The number of aliphatic hydroxyl groups is 1. The lowest BCUT2D eigenvalue weighted by Gasteiger charge is -2.49. The highest BCUT2D eigenvalue weighted by Crippen LogP contribution is 2.52. The van der Waals surface area contributed by atoms with E-state index in [1.165, 1.54) is 0 Å². The van der Waals surface area contributed by atoms with Crippen LogP contribution in [-0.2, 0) is 36.8 Å². The highest BCUT2D eigenvalue weighted by Gasteiger charge is 2.61. The van der Waals surface area contributed by atoms with Gasteiger partial charge in [-0.1, -0.05) is 86.8 Å². The van der Waals surface area contributed by atoms with E-state index in [1.54, 1.807) is 78.9 Å². The van der Waals surface area contributed by atoms with Crippen molar-refractivity contribution in [3.8, 4) is 22.3 Å². The molecule has 0 amide bonds. The Hall–Kier alpha value is -4.08. The van der Waals surface area contributed by atoms with E-state index >= 15 is 0 Å². The number of ketones is 5. The molecule has 2 aliphatic carbocycles. The molecular formula is C47H49Cl3N2O6. The minimum absolute atomic E-state index is 0.143. The third-order valence-electron chi connectivity index (χ3n) is 12.9. The van der Waals surface area contributed by atoms with Crippen LogP contribution < -0.4 is 0 Å². The molecule has 8 nitrogen and oxygen atoms in total. The van der Waals surface area contributed by atoms with Gasteiger partial charge in [-0.15, -0.1) is 0 Å². The lowest BCUT2D eigenvalue weighted by atomic mass is 9.54. The maximum Gasteiger partial charge on any atom is 0.160 e. The van der Waals surface area contributed by atoms with E-state index in [0.29, 0.717) is 52.2 Å². The number of rotatable bonds is 9. The zero-order valence-electron chi connectivity index (χ0n) is 34.4. The van der Waals surface area contributed by atoms with Gasteiger partial charge in [0, 0.05) is 17.3 Å². The minimum atomic E-state index is -1.43.